The third-order valence-electron chi connectivity index (χ3n) is 5.16. The van der Waals surface area contributed by atoms with Crippen LogP contribution >= 0.6 is 0 Å². The molecule has 0 bridgehead atoms. The second kappa shape index (κ2) is 9.74. The third-order valence-corrected chi connectivity index (χ3v) is 8.99. The summed E-state index contributed by atoms with van der Waals surface area (Å²) >= 11 is 0. The maximum absolute atomic E-state index is 12.7. The molecule has 2 rings (SSSR count). The zero-order valence-electron chi connectivity index (χ0n) is 17.4. The van der Waals surface area contributed by atoms with Gasteiger partial charge in [-0.3, -0.25) is 9.59 Å². The van der Waals surface area contributed by atoms with E-state index < -0.39 is 50.4 Å². The minimum absolute atomic E-state index is 0.0337. The normalized spacial score (nSPS) is 24.7. The van der Waals surface area contributed by atoms with Gasteiger partial charge in [-0.25, -0.2) is 16.8 Å². The van der Waals surface area contributed by atoms with Crippen LogP contribution in [0.4, 0.5) is 0 Å². The minimum Gasteiger partial charge on any atom is -0.454 e. The van der Waals surface area contributed by atoms with Crippen LogP contribution in [0.25, 0.3) is 0 Å². The van der Waals surface area contributed by atoms with Crippen LogP contribution in [0.5, 0.6) is 0 Å². The van der Waals surface area contributed by atoms with Gasteiger partial charge in [0.25, 0.3) is 5.91 Å². The Labute approximate surface area is 173 Å². The summed E-state index contributed by atoms with van der Waals surface area (Å²) in [6, 6.07) is -1.31. The highest BCUT2D eigenvalue weighted by atomic mass is 32.2. The minimum atomic E-state index is -3.53. The predicted molar refractivity (Wildman–Crippen MR) is 108 cm³/mol. The number of hydrogen-bond donors (Lipinski definition) is 0. The topological polar surface area (TPSA) is 118 Å². The summed E-state index contributed by atoms with van der Waals surface area (Å²) < 4.78 is 54.6. The van der Waals surface area contributed by atoms with Gasteiger partial charge in [0, 0.05) is 19.1 Å². The number of carbonyl (C=O) groups is 2. The van der Waals surface area contributed by atoms with Crippen LogP contribution in [0, 0.1) is 5.92 Å². The Morgan fingerprint density at radius 1 is 1.24 bits per heavy atom. The number of ether oxygens (including phenoxy) is 1. The molecule has 0 aliphatic carbocycles. The summed E-state index contributed by atoms with van der Waals surface area (Å²) in [5, 5.41) is 0. The van der Waals surface area contributed by atoms with Crippen molar-refractivity contribution in [3.8, 4) is 0 Å². The van der Waals surface area contributed by atoms with E-state index in [0.29, 0.717) is 32.2 Å². The van der Waals surface area contributed by atoms with Crippen LogP contribution < -0.4 is 0 Å². The fourth-order valence-corrected chi connectivity index (χ4v) is 7.33. The standard InChI is InChI=1S/C18H32N2O7S2/c1-4-9-29(25,26)20-8-5-6-16(20)18(22)27-12-17(21)19(11-14(2)3)15-7-10-28(23,24)13-15/h14-16H,4-13H2,1-3H3. The quantitative estimate of drug-likeness (QED) is 0.465. The molecule has 2 aliphatic heterocycles. The molecule has 2 unspecified atom stereocenters. The number of nitrogens with zero attached hydrogens (tertiary/aromatic N) is 2. The van der Waals surface area contributed by atoms with Crippen molar-refractivity contribution in [1.29, 1.82) is 0 Å². The van der Waals surface area contributed by atoms with Gasteiger partial charge in [0.2, 0.25) is 10.0 Å². The van der Waals surface area contributed by atoms with Gasteiger partial charge < -0.3 is 9.64 Å². The molecule has 2 heterocycles. The number of carbonyl (C=O) groups excluding carboxylic acids is 2. The SMILES string of the molecule is CCCS(=O)(=O)N1CCCC1C(=O)OCC(=O)N(CC(C)C)C1CCS(=O)(=O)C1. The molecule has 0 aromatic carbocycles. The number of sulfonamides is 1. The van der Waals surface area contributed by atoms with Gasteiger partial charge in [-0.1, -0.05) is 20.8 Å². The summed E-state index contributed by atoms with van der Waals surface area (Å²) in [6.07, 6.45) is 1.76. The highest BCUT2D eigenvalue weighted by molar-refractivity contribution is 7.91. The highest BCUT2D eigenvalue weighted by Crippen LogP contribution is 2.23. The summed E-state index contributed by atoms with van der Waals surface area (Å²) in [6.45, 7) is 5.73. The number of sulfone groups is 1. The van der Waals surface area contributed by atoms with E-state index in [1.54, 1.807) is 6.92 Å². The van der Waals surface area contributed by atoms with Gasteiger partial charge >= 0.3 is 5.97 Å². The summed E-state index contributed by atoms with van der Waals surface area (Å²) in [7, 11) is -6.69. The Kier molecular flexibility index (Phi) is 8.08. The molecule has 0 saturated carbocycles. The monoisotopic (exact) mass is 452 g/mol. The van der Waals surface area contributed by atoms with Gasteiger partial charge in [-0.15, -0.1) is 0 Å². The van der Waals surface area contributed by atoms with E-state index in [0.717, 1.165) is 0 Å². The van der Waals surface area contributed by atoms with Crippen molar-refractivity contribution in [3.63, 3.8) is 0 Å². The maximum Gasteiger partial charge on any atom is 0.324 e. The Bertz CT molecular complexity index is 808. The van der Waals surface area contributed by atoms with E-state index in [-0.39, 0.29) is 29.7 Å². The Hall–Kier alpha value is -1.20. The average molecular weight is 453 g/mol. The van der Waals surface area contributed by atoms with Crippen molar-refractivity contribution in [2.24, 2.45) is 5.92 Å². The number of esters is 1. The third kappa shape index (κ3) is 6.39. The summed E-state index contributed by atoms with van der Waals surface area (Å²) in [5.74, 6) is -1.11. The van der Waals surface area contributed by atoms with E-state index in [1.165, 1.54) is 9.21 Å². The zero-order valence-corrected chi connectivity index (χ0v) is 19.0. The van der Waals surface area contributed by atoms with Gasteiger partial charge in [0.05, 0.1) is 17.3 Å². The molecule has 2 fully saturated rings. The Morgan fingerprint density at radius 3 is 2.48 bits per heavy atom. The molecule has 0 spiro atoms. The van der Waals surface area contributed by atoms with Crippen LogP contribution in [0.3, 0.4) is 0 Å². The molecular weight excluding hydrogens is 420 g/mol. The largest absolute Gasteiger partial charge is 0.454 e. The molecule has 0 aromatic rings. The van der Waals surface area contributed by atoms with Gasteiger partial charge in [-0.2, -0.15) is 4.31 Å². The van der Waals surface area contributed by atoms with Gasteiger partial charge in [0.1, 0.15) is 6.04 Å². The van der Waals surface area contributed by atoms with E-state index in [1.807, 2.05) is 13.8 Å². The van der Waals surface area contributed by atoms with Crippen molar-refractivity contribution in [1.82, 2.24) is 9.21 Å². The molecule has 168 valence electrons. The molecular formula is C18H32N2O7S2. The van der Waals surface area contributed by atoms with Crippen molar-refractivity contribution in [2.45, 2.75) is 58.5 Å². The van der Waals surface area contributed by atoms with Crippen molar-refractivity contribution >= 4 is 31.7 Å². The number of amides is 1. The van der Waals surface area contributed by atoms with Crippen LogP contribution in [0.2, 0.25) is 0 Å². The second-order valence-corrected chi connectivity index (χ2v) is 12.5. The molecule has 9 nitrogen and oxygen atoms in total. The summed E-state index contributed by atoms with van der Waals surface area (Å²) in [5.41, 5.74) is 0. The fourth-order valence-electron chi connectivity index (χ4n) is 3.86. The molecule has 1 amide bonds. The molecule has 0 N–H and O–H groups in total. The van der Waals surface area contributed by atoms with Crippen molar-refractivity contribution in [2.75, 3.05) is 37.0 Å². The molecule has 2 atom stereocenters. The lowest BCUT2D eigenvalue weighted by Gasteiger charge is -2.30. The Balaban J connectivity index is 2.00. The molecule has 0 aromatic heterocycles. The lowest BCUT2D eigenvalue weighted by Crippen LogP contribution is -2.46. The predicted octanol–water partition coefficient (Wildman–Crippen LogP) is 0.406. The van der Waals surface area contributed by atoms with Gasteiger partial charge in [0.15, 0.2) is 16.4 Å². The van der Waals surface area contributed by atoms with E-state index >= 15 is 0 Å². The van der Waals surface area contributed by atoms with Crippen LogP contribution in [0.15, 0.2) is 0 Å². The van der Waals surface area contributed by atoms with E-state index in [2.05, 4.69) is 0 Å². The zero-order chi connectivity index (χ0) is 21.8. The van der Waals surface area contributed by atoms with E-state index in [9.17, 15) is 26.4 Å². The highest BCUT2D eigenvalue weighted by Gasteiger charge is 2.40. The molecule has 2 saturated heterocycles. The first-order valence-corrected chi connectivity index (χ1v) is 13.6. The molecule has 2 aliphatic rings. The first-order valence-electron chi connectivity index (χ1n) is 10.1. The fraction of sp³-hybridized carbons (Fsp3) is 0.889. The van der Waals surface area contributed by atoms with Crippen LogP contribution in [-0.2, 0) is 34.2 Å². The van der Waals surface area contributed by atoms with Crippen LogP contribution in [0.1, 0.15) is 46.5 Å². The van der Waals surface area contributed by atoms with Crippen molar-refractivity contribution < 1.29 is 31.2 Å². The summed E-state index contributed by atoms with van der Waals surface area (Å²) in [4.78, 5) is 26.7. The molecule has 29 heavy (non-hydrogen) atoms. The van der Waals surface area contributed by atoms with Gasteiger partial charge in [-0.05, 0) is 31.6 Å². The number of hydrogen-bond acceptors (Lipinski definition) is 7. The van der Waals surface area contributed by atoms with Crippen LogP contribution in [-0.4, -0.2) is 87.0 Å². The maximum atomic E-state index is 12.7. The first-order chi connectivity index (χ1) is 13.5. The average Bonchev–Trinajstić information content (AvgIpc) is 3.24. The van der Waals surface area contributed by atoms with Crippen molar-refractivity contribution in [3.05, 3.63) is 0 Å². The lowest BCUT2D eigenvalue weighted by molar-refractivity contribution is -0.155. The molecule has 0 radical (unpaired) electrons. The second-order valence-electron chi connectivity index (χ2n) is 8.19. The Morgan fingerprint density at radius 2 is 1.93 bits per heavy atom. The number of rotatable bonds is 9. The van der Waals surface area contributed by atoms with E-state index in [4.69, 9.17) is 4.74 Å². The first kappa shape index (κ1) is 24.1. The smallest absolute Gasteiger partial charge is 0.324 e. The molecule has 11 heteroatoms. The lowest BCUT2D eigenvalue weighted by atomic mass is 10.1.